The van der Waals surface area contributed by atoms with E-state index >= 15 is 0 Å². The lowest BCUT2D eigenvalue weighted by atomic mass is 9.79. The molecule has 0 saturated carbocycles. The Labute approximate surface area is 99.6 Å². The molecule has 3 rings (SSSR count). The number of ether oxygens (including phenoxy) is 1. The highest BCUT2D eigenvalue weighted by atomic mass is 16.5. The number of aliphatic hydroxyl groups is 1. The van der Waals surface area contributed by atoms with E-state index in [1.807, 2.05) is 12.1 Å². The number of imidazole rings is 1. The minimum absolute atomic E-state index is 0.132. The number of rotatable bonds is 3. The van der Waals surface area contributed by atoms with Gasteiger partial charge < -0.3 is 14.8 Å². The minimum atomic E-state index is -0.203. The average Bonchev–Trinajstić information content (AvgIpc) is 2.70. The Morgan fingerprint density at radius 3 is 2.88 bits per heavy atom. The zero-order valence-corrected chi connectivity index (χ0v) is 9.86. The van der Waals surface area contributed by atoms with Crippen LogP contribution in [-0.2, 0) is 16.6 Å². The lowest BCUT2D eigenvalue weighted by Crippen LogP contribution is -2.49. The van der Waals surface area contributed by atoms with Crippen LogP contribution in [-0.4, -0.2) is 34.9 Å². The molecule has 0 aliphatic carbocycles. The second-order valence-corrected chi connectivity index (χ2v) is 4.70. The molecule has 1 aliphatic rings. The van der Waals surface area contributed by atoms with Crippen LogP contribution in [0.5, 0.6) is 0 Å². The molecule has 0 atom stereocenters. The molecule has 0 amide bonds. The third-order valence-corrected chi connectivity index (χ3v) is 3.54. The highest BCUT2D eigenvalue weighted by Gasteiger charge is 2.39. The van der Waals surface area contributed by atoms with E-state index in [0.29, 0.717) is 13.2 Å². The first-order chi connectivity index (χ1) is 8.27. The van der Waals surface area contributed by atoms with Gasteiger partial charge in [0.15, 0.2) is 0 Å². The van der Waals surface area contributed by atoms with Crippen LogP contribution < -0.4 is 0 Å². The van der Waals surface area contributed by atoms with Gasteiger partial charge in [-0.2, -0.15) is 0 Å². The molecular weight excluding hydrogens is 216 g/mol. The Kier molecular flexibility index (Phi) is 2.42. The highest BCUT2D eigenvalue weighted by Crippen LogP contribution is 2.33. The molecule has 2 aromatic rings. The van der Waals surface area contributed by atoms with Crippen LogP contribution in [0.1, 0.15) is 18.3 Å². The number of benzene rings is 1. The maximum atomic E-state index is 9.51. The summed E-state index contributed by atoms with van der Waals surface area (Å²) in [5, 5.41) is 9.51. The fraction of sp³-hybridized carbons (Fsp3) is 0.462. The summed E-state index contributed by atoms with van der Waals surface area (Å²) in [6.07, 6.45) is 0.901. The number of aryl methyl sites for hydroxylation is 1. The third kappa shape index (κ3) is 1.56. The van der Waals surface area contributed by atoms with Gasteiger partial charge in [-0.15, -0.1) is 0 Å². The van der Waals surface area contributed by atoms with Crippen molar-refractivity contribution in [3.05, 3.63) is 29.6 Å². The number of aliphatic hydroxyl groups excluding tert-OH is 1. The van der Waals surface area contributed by atoms with Gasteiger partial charge in [-0.3, -0.25) is 0 Å². The van der Waals surface area contributed by atoms with Crippen LogP contribution in [0.3, 0.4) is 0 Å². The summed E-state index contributed by atoms with van der Waals surface area (Å²) in [6.45, 7) is 3.41. The van der Waals surface area contributed by atoms with Gasteiger partial charge in [0, 0.05) is 6.42 Å². The van der Waals surface area contributed by atoms with E-state index in [9.17, 15) is 5.11 Å². The molecule has 0 unspecified atom stereocenters. The number of fused-ring (bicyclic) bond motifs is 1. The Bertz CT molecular complexity index is 538. The van der Waals surface area contributed by atoms with Crippen molar-refractivity contribution in [1.82, 2.24) is 9.97 Å². The molecule has 1 aliphatic heterocycles. The molecule has 0 radical (unpaired) electrons. The molecule has 17 heavy (non-hydrogen) atoms. The summed E-state index contributed by atoms with van der Waals surface area (Å²) in [6, 6.07) is 6.14. The molecule has 1 saturated heterocycles. The quantitative estimate of drug-likeness (QED) is 0.840. The van der Waals surface area contributed by atoms with Gasteiger partial charge in [0.1, 0.15) is 5.82 Å². The zero-order valence-electron chi connectivity index (χ0n) is 9.86. The second kappa shape index (κ2) is 3.82. The standard InChI is InChI=1S/C13H16N2O2/c1-2-12-14-10-4-3-9(5-11(10)15-12)13(6-16)7-17-8-13/h3-5,16H,2,6-8H2,1H3,(H,14,15). The van der Waals surface area contributed by atoms with Crippen molar-refractivity contribution >= 4 is 11.0 Å². The van der Waals surface area contributed by atoms with E-state index in [-0.39, 0.29) is 12.0 Å². The van der Waals surface area contributed by atoms with Gasteiger partial charge in [0.25, 0.3) is 0 Å². The van der Waals surface area contributed by atoms with Crippen LogP contribution in [0.4, 0.5) is 0 Å². The fourth-order valence-corrected chi connectivity index (χ4v) is 2.26. The van der Waals surface area contributed by atoms with Crippen molar-refractivity contribution in [2.45, 2.75) is 18.8 Å². The van der Waals surface area contributed by atoms with E-state index < -0.39 is 0 Å². The summed E-state index contributed by atoms with van der Waals surface area (Å²) >= 11 is 0. The largest absolute Gasteiger partial charge is 0.395 e. The van der Waals surface area contributed by atoms with E-state index in [1.54, 1.807) is 0 Å². The number of nitrogens with one attached hydrogen (secondary N) is 1. The first kappa shape index (κ1) is 10.7. The summed E-state index contributed by atoms with van der Waals surface area (Å²) in [7, 11) is 0. The maximum Gasteiger partial charge on any atom is 0.106 e. The van der Waals surface area contributed by atoms with Crippen molar-refractivity contribution in [2.75, 3.05) is 19.8 Å². The Morgan fingerprint density at radius 1 is 1.47 bits per heavy atom. The van der Waals surface area contributed by atoms with Crippen LogP contribution in [0.25, 0.3) is 11.0 Å². The van der Waals surface area contributed by atoms with Gasteiger partial charge >= 0.3 is 0 Å². The summed E-state index contributed by atoms with van der Waals surface area (Å²) in [5.41, 5.74) is 2.95. The lowest BCUT2D eigenvalue weighted by Gasteiger charge is -2.40. The van der Waals surface area contributed by atoms with Crippen LogP contribution >= 0.6 is 0 Å². The van der Waals surface area contributed by atoms with E-state index in [4.69, 9.17) is 4.74 Å². The molecule has 1 fully saturated rings. The molecule has 2 heterocycles. The van der Waals surface area contributed by atoms with E-state index in [1.165, 1.54) is 0 Å². The van der Waals surface area contributed by atoms with Crippen molar-refractivity contribution < 1.29 is 9.84 Å². The number of aromatic amines is 1. The Balaban J connectivity index is 2.06. The minimum Gasteiger partial charge on any atom is -0.395 e. The second-order valence-electron chi connectivity index (χ2n) is 4.70. The smallest absolute Gasteiger partial charge is 0.106 e. The molecule has 0 spiro atoms. The number of H-pyrrole nitrogens is 1. The highest BCUT2D eigenvalue weighted by molar-refractivity contribution is 5.76. The third-order valence-electron chi connectivity index (χ3n) is 3.54. The monoisotopic (exact) mass is 232 g/mol. The van der Waals surface area contributed by atoms with Gasteiger partial charge in [-0.1, -0.05) is 13.0 Å². The van der Waals surface area contributed by atoms with Crippen LogP contribution in [0, 0.1) is 0 Å². The van der Waals surface area contributed by atoms with E-state index in [0.717, 1.165) is 28.8 Å². The molecule has 4 heteroatoms. The fourth-order valence-electron chi connectivity index (χ4n) is 2.26. The van der Waals surface area contributed by atoms with Crippen LogP contribution in [0.15, 0.2) is 18.2 Å². The number of aromatic nitrogens is 2. The van der Waals surface area contributed by atoms with Gasteiger partial charge in [-0.25, -0.2) is 4.98 Å². The van der Waals surface area contributed by atoms with Crippen LogP contribution in [0.2, 0.25) is 0 Å². The number of nitrogens with zero attached hydrogens (tertiary/aromatic N) is 1. The molecule has 90 valence electrons. The number of hydrogen-bond acceptors (Lipinski definition) is 3. The molecular formula is C13H16N2O2. The number of hydrogen-bond donors (Lipinski definition) is 2. The van der Waals surface area contributed by atoms with Crippen molar-refractivity contribution in [3.8, 4) is 0 Å². The molecule has 1 aromatic carbocycles. The van der Waals surface area contributed by atoms with Crippen molar-refractivity contribution in [2.24, 2.45) is 0 Å². The van der Waals surface area contributed by atoms with Gasteiger partial charge in [-0.05, 0) is 17.7 Å². The predicted octanol–water partition coefficient (Wildman–Crippen LogP) is 1.39. The first-order valence-electron chi connectivity index (χ1n) is 5.95. The Morgan fingerprint density at radius 2 is 2.29 bits per heavy atom. The molecule has 1 aromatic heterocycles. The molecule has 0 bridgehead atoms. The zero-order chi connectivity index (χ0) is 11.9. The predicted molar refractivity (Wildman–Crippen MR) is 65.1 cm³/mol. The summed E-state index contributed by atoms with van der Waals surface area (Å²) < 4.78 is 5.24. The van der Waals surface area contributed by atoms with E-state index in [2.05, 4.69) is 23.0 Å². The SMILES string of the molecule is CCc1nc2ccc(C3(CO)COC3)cc2[nH]1. The van der Waals surface area contributed by atoms with Gasteiger partial charge in [0.05, 0.1) is 36.3 Å². The topological polar surface area (TPSA) is 58.1 Å². The molecule has 2 N–H and O–H groups in total. The first-order valence-corrected chi connectivity index (χ1v) is 5.95. The summed E-state index contributed by atoms with van der Waals surface area (Å²) in [5.74, 6) is 1.00. The lowest BCUT2D eigenvalue weighted by molar-refractivity contribution is -0.0841. The van der Waals surface area contributed by atoms with Crippen molar-refractivity contribution in [3.63, 3.8) is 0 Å². The summed E-state index contributed by atoms with van der Waals surface area (Å²) in [4.78, 5) is 7.77. The normalized spacial score (nSPS) is 18.2. The maximum absolute atomic E-state index is 9.51. The van der Waals surface area contributed by atoms with Crippen molar-refractivity contribution in [1.29, 1.82) is 0 Å². The Hall–Kier alpha value is -1.39. The van der Waals surface area contributed by atoms with Gasteiger partial charge in [0.2, 0.25) is 0 Å². The molecule has 4 nitrogen and oxygen atoms in total. The average molecular weight is 232 g/mol.